The maximum Gasteiger partial charge on any atom is 0.416 e. The number of hydrogen-bond acceptors (Lipinski definition) is 1. The Hall–Kier alpha value is -1.24. The highest BCUT2D eigenvalue weighted by Crippen LogP contribution is 2.30. The number of hydrogen-bond donors (Lipinski definition) is 0. The van der Waals surface area contributed by atoms with Crippen molar-refractivity contribution in [3.05, 3.63) is 63.2 Å². The summed E-state index contributed by atoms with van der Waals surface area (Å²) in [5.41, 5.74) is 0.300. The van der Waals surface area contributed by atoms with Crippen LogP contribution in [0.4, 0.5) is 13.2 Å². The molecule has 2 rings (SSSR count). The van der Waals surface area contributed by atoms with Gasteiger partial charge in [0.25, 0.3) is 0 Å². The van der Waals surface area contributed by atoms with Gasteiger partial charge >= 0.3 is 6.18 Å². The third-order valence-electron chi connectivity index (χ3n) is 2.50. The molecule has 19 heavy (non-hydrogen) atoms. The molecule has 0 aliphatic carbocycles. The maximum atomic E-state index is 12.4. The molecule has 0 fully saturated rings. The van der Waals surface area contributed by atoms with Gasteiger partial charge in [-0.15, -0.1) is 0 Å². The van der Waals surface area contributed by atoms with E-state index in [1.54, 1.807) is 0 Å². The molecule has 0 N–H and O–H groups in total. The summed E-state index contributed by atoms with van der Waals surface area (Å²) in [7, 11) is 0. The van der Waals surface area contributed by atoms with Crippen molar-refractivity contribution in [3.63, 3.8) is 0 Å². The third-order valence-corrected chi connectivity index (χ3v) is 3.22. The van der Waals surface area contributed by atoms with E-state index < -0.39 is 11.7 Å². The second kappa shape index (κ2) is 5.81. The van der Waals surface area contributed by atoms with Crippen molar-refractivity contribution in [1.82, 2.24) is 0 Å². The Balaban J connectivity index is 1.98. The van der Waals surface area contributed by atoms with Gasteiger partial charge in [0.2, 0.25) is 0 Å². The van der Waals surface area contributed by atoms with Crippen molar-refractivity contribution >= 4 is 22.6 Å². The van der Waals surface area contributed by atoms with Crippen LogP contribution in [0.25, 0.3) is 0 Å². The van der Waals surface area contributed by atoms with Gasteiger partial charge in [0, 0.05) is 3.57 Å². The van der Waals surface area contributed by atoms with E-state index in [0.717, 1.165) is 21.3 Å². The first kappa shape index (κ1) is 14.2. The van der Waals surface area contributed by atoms with Crippen molar-refractivity contribution in [2.45, 2.75) is 12.8 Å². The highest BCUT2D eigenvalue weighted by atomic mass is 127. The minimum Gasteiger partial charge on any atom is -0.489 e. The lowest BCUT2D eigenvalue weighted by Gasteiger charge is -2.09. The summed E-state index contributed by atoms with van der Waals surface area (Å²) in [5.74, 6) is 0.423. The summed E-state index contributed by atoms with van der Waals surface area (Å²) in [6.45, 7) is 0.336. The highest BCUT2D eigenvalue weighted by molar-refractivity contribution is 14.1. The fourth-order valence-corrected chi connectivity index (χ4v) is 1.85. The summed E-state index contributed by atoms with van der Waals surface area (Å²) in [6.07, 6.45) is -4.31. The van der Waals surface area contributed by atoms with E-state index in [2.05, 4.69) is 22.6 Å². The van der Waals surface area contributed by atoms with Gasteiger partial charge in [-0.3, -0.25) is 0 Å². The number of ether oxygens (including phenoxy) is 1. The van der Waals surface area contributed by atoms with Crippen LogP contribution in [0.5, 0.6) is 5.75 Å². The van der Waals surface area contributed by atoms with Gasteiger partial charge in [0.15, 0.2) is 0 Å². The second-order valence-corrected chi connectivity index (χ2v) is 5.18. The lowest BCUT2D eigenvalue weighted by atomic mass is 10.2. The smallest absolute Gasteiger partial charge is 0.416 e. The SMILES string of the molecule is FC(F)(F)c1ccc(OCc2ccc(I)cc2)cc1. The zero-order valence-corrected chi connectivity index (χ0v) is 11.9. The van der Waals surface area contributed by atoms with Crippen LogP contribution in [0.1, 0.15) is 11.1 Å². The number of alkyl halides is 3. The highest BCUT2D eigenvalue weighted by Gasteiger charge is 2.29. The molecule has 0 amide bonds. The average molecular weight is 378 g/mol. The Morgan fingerprint density at radius 1 is 0.895 bits per heavy atom. The number of halogens is 4. The van der Waals surface area contributed by atoms with Gasteiger partial charge in [-0.2, -0.15) is 13.2 Å². The van der Waals surface area contributed by atoms with Crippen LogP contribution in [0, 0.1) is 3.57 Å². The maximum absolute atomic E-state index is 12.4. The Morgan fingerprint density at radius 3 is 2.00 bits per heavy atom. The molecule has 2 aromatic carbocycles. The molecular formula is C14H10F3IO. The summed E-state index contributed by atoms with van der Waals surface area (Å²) in [5, 5.41) is 0. The van der Waals surface area contributed by atoms with E-state index in [4.69, 9.17) is 4.74 Å². The van der Waals surface area contributed by atoms with Crippen LogP contribution in [0.2, 0.25) is 0 Å². The van der Waals surface area contributed by atoms with E-state index in [0.29, 0.717) is 12.4 Å². The molecule has 100 valence electrons. The molecule has 0 aliphatic heterocycles. The molecule has 0 aromatic heterocycles. The fraction of sp³-hybridized carbons (Fsp3) is 0.143. The second-order valence-electron chi connectivity index (χ2n) is 3.94. The van der Waals surface area contributed by atoms with E-state index in [9.17, 15) is 13.2 Å². The zero-order valence-electron chi connectivity index (χ0n) is 9.75. The molecular weight excluding hydrogens is 368 g/mol. The molecule has 0 bridgehead atoms. The molecule has 0 spiro atoms. The van der Waals surface area contributed by atoms with Crippen molar-refractivity contribution in [1.29, 1.82) is 0 Å². The lowest BCUT2D eigenvalue weighted by Crippen LogP contribution is -2.04. The van der Waals surface area contributed by atoms with Crippen molar-refractivity contribution in [2.75, 3.05) is 0 Å². The standard InChI is InChI=1S/C14H10F3IO/c15-14(16,17)11-3-7-13(8-4-11)19-9-10-1-5-12(18)6-2-10/h1-8H,9H2. The van der Waals surface area contributed by atoms with Crippen molar-refractivity contribution < 1.29 is 17.9 Å². The first-order valence-corrected chi connectivity index (χ1v) is 6.57. The zero-order chi connectivity index (χ0) is 13.9. The monoisotopic (exact) mass is 378 g/mol. The summed E-state index contributed by atoms with van der Waals surface area (Å²) < 4.78 is 43.7. The molecule has 0 radical (unpaired) electrons. The molecule has 5 heteroatoms. The van der Waals surface area contributed by atoms with Crippen molar-refractivity contribution in [2.24, 2.45) is 0 Å². The topological polar surface area (TPSA) is 9.23 Å². The third kappa shape index (κ3) is 4.12. The van der Waals surface area contributed by atoms with Crippen LogP contribution >= 0.6 is 22.6 Å². The summed E-state index contributed by atoms with van der Waals surface area (Å²) in [6, 6.07) is 12.4. The Bertz CT molecular complexity index is 532. The van der Waals surface area contributed by atoms with Gasteiger partial charge in [0.05, 0.1) is 5.56 Å². The number of benzene rings is 2. The fourth-order valence-electron chi connectivity index (χ4n) is 1.49. The molecule has 0 heterocycles. The van der Waals surface area contributed by atoms with E-state index in [-0.39, 0.29) is 0 Å². The molecule has 0 unspecified atom stereocenters. The van der Waals surface area contributed by atoms with Gasteiger partial charge < -0.3 is 4.74 Å². The Labute approximate surface area is 122 Å². The molecule has 0 atom stereocenters. The molecule has 1 nitrogen and oxygen atoms in total. The minimum absolute atomic E-state index is 0.336. The van der Waals surface area contributed by atoms with E-state index in [1.807, 2.05) is 24.3 Å². The van der Waals surface area contributed by atoms with Gasteiger partial charge in [0.1, 0.15) is 12.4 Å². The van der Waals surface area contributed by atoms with Crippen molar-refractivity contribution in [3.8, 4) is 5.75 Å². The Kier molecular flexibility index (Phi) is 4.34. The largest absolute Gasteiger partial charge is 0.489 e. The predicted molar refractivity (Wildman–Crippen MR) is 74.9 cm³/mol. The quantitative estimate of drug-likeness (QED) is 0.692. The molecule has 2 aromatic rings. The number of rotatable bonds is 3. The van der Waals surface area contributed by atoms with Gasteiger partial charge in [-0.05, 0) is 64.6 Å². The predicted octanol–water partition coefficient (Wildman–Crippen LogP) is 4.89. The first-order valence-electron chi connectivity index (χ1n) is 5.50. The Morgan fingerprint density at radius 2 is 1.47 bits per heavy atom. The molecule has 0 saturated carbocycles. The first-order chi connectivity index (χ1) is 8.95. The lowest BCUT2D eigenvalue weighted by molar-refractivity contribution is -0.137. The van der Waals surface area contributed by atoms with Crippen LogP contribution in [-0.4, -0.2) is 0 Å². The van der Waals surface area contributed by atoms with Gasteiger partial charge in [-0.1, -0.05) is 12.1 Å². The van der Waals surface area contributed by atoms with Crippen LogP contribution < -0.4 is 4.74 Å². The summed E-state index contributed by atoms with van der Waals surface area (Å²) in [4.78, 5) is 0. The van der Waals surface area contributed by atoms with Crippen LogP contribution in [0.3, 0.4) is 0 Å². The van der Waals surface area contributed by atoms with Crippen LogP contribution in [0.15, 0.2) is 48.5 Å². The van der Waals surface area contributed by atoms with E-state index in [1.165, 1.54) is 12.1 Å². The van der Waals surface area contributed by atoms with Crippen LogP contribution in [-0.2, 0) is 12.8 Å². The molecule has 0 aliphatic rings. The summed E-state index contributed by atoms with van der Waals surface area (Å²) >= 11 is 2.20. The molecule has 0 saturated heterocycles. The minimum atomic E-state index is -4.31. The van der Waals surface area contributed by atoms with E-state index >= 15 is 0 Å². The normalized spacial score (nSPS) is 11.4. The van der Waals surface area contributed by atoms with Gasteiger partial charge in [-0.25, -0.2) is 0 Å². The average Bonchev–Trinajstić information content (AvgIpc) is 2.37.